The standard InChI is InChI=1S/C23H18F3N/c1-17(20-13-8-14-21(16-20)23(24,25)26)27-22(19-11-6-3-7-12-19)15-18-9-4-2-5-10-18/h2-16H,1H3/b22-15+,27-17?. The largest absolute Gasteiger partial charge is 0.416 e. The fourth-order valence-electron chi connectivity index (χ4n) is 2.66. The average molecular weight is 365 g/mol. The van der Waals surface area contributed by atoms with E-state index >= 15 is 0 Å². The summed E-state index contributed by atoms with van der Waals surface area (Å²) < 4.78 is 39.0. The lowest BCUT2D eigenvalue weighted by Gasteiger charge is -2.10. The summed E-state index contributed by atoms with van der Waals surface area (Å²) in [5.74, 6) is 0. The lowest BCUT2D eigenvalue weighted by Crippen LogP contribution is -2.06. The van der Waals surface area contributed by atoms with E-state index in [0.29, 0.717) is 17.0 Å². The van der Waals surface area contributed by atoms with Gasteiger partial charge in [0.1, 0.15) is 0 Å². The minimum Gasteiger partial charge on any atom is -0.252 e. The Kier molecular flexibility index (Phi) is 5.55. The topological polar surface area (TPSA) is 12.4 Å². The zero-order chi connectivity index (χ0) is 19.3. The van der Waals surface area contributed by atoms with Crippen LogP contribution in [0.1, 0.15) is 29.2 Å². The van der Waals surface area contributed by atoms with Crippen molar-refractivity contribution in [2.24, 2.45) is 4.99 Å². The summed E-state index contributed by atoms with van der Waals surface area (Å²) in [6.45, 7) is 1.72. The van der Waals surface area contributed by atoms with E-state index in [0.717, 1.165) is 23.3 Å². The van der Waals surface area contributed by atoms with E-state index in [1.807, 2.05) is 66.7 Å². The molecule has 0 atom stereocenters. The highest BCUT2D eigenvalue weighted by molar-refractivity contribution is 6.03. The van der Waals surface area contributed by atoms with Crippen molar-refractivity contribution in [2.45, 2.75) is 13.1 Å². The van der Waals surface area contributed by atoms with E-state index in [1.54, 1.807) is 13.0 Å². The molecule has 1 nitrogen and oxygen atoms in total. The number of alkyl halides is 3. The van der Waals surface area contributed by atoms with Crippen molar-refractivity contribution in [1.82, 2.24) is 0 Å². The normalized spacial score (nSPS) is 12.9. The van der Waals surface area contributed by atoms with E-state index in [1.165, 1.54) is 6.07 Å². The summed E-state index contributed by atoms with van der Waals surface area (Å²) in [7, 11) is 0. The van der Waals surface area contributed by atoms with Gasteiger partial charge in [-0.25, -0.2) is 0 Å². The molecule has 0 saturated heterocycles. The van der Waals surface area contributed by atoms with Crippen molar-refractivity contribution >= 4 is 17.5 Å². The van der Waals surface area contributed by atoms with Crippen molar-refractivity contribution in [1.29, 1.82) is 0 Å². The lowest BCUT2D eigenvalue weighted by molar-refractivity contribution is -0.137. The van der Waals surface area contributed by atoms with Gasteiger partial charge in [-0.1, -0.05) is 72.8 Å². The zero-order valence-electron chi connectivity index (χ0n) is 14.7. The molecule has 3 rings (SSSR count). The highest BCUT2D eigenvalue weighted by atomic mass is 19.4. The van der Waals surface area contributed by atoms with Crippen LogP contribution < -0.4 is 0 Å². The van der Waals surface area contributed by atoms with Crippen LogP contribution in [0.15, 0.2) is 89.9 Å². The number of aliphatic imine (C=N–C) groups is 1. The molecule has 0 heterocycles. The first kappa shape index (κ1) is 18.6. The van der Waals surface area contributed by atoms with Gasteiger partial charge in [0, 0.05) is 11.3 Å². The molecule has 0 fully saturated rings. The van der Waals surface area contributed by atoms with Gasteiger partial charge in [-0.15, -0.1) is 0 Å². The van der Waals surface area contributed by atoms with Gasteiger partial charge in [0.05, 0.1) is 11.3 Å². The lowest BCUT2D eigenvalue weighted by atomic mass is 10.1. The van der Waals surface area contributed by atoms with Gasteiger partial charge in [0.15, 0.2) is 0 Å². The van der Waals surface area contributed by atoms with Gasteiger partial charge in [-0.3, -0.25) is 4.99 Å². The first-order valence-electron chi connectivity index (χ1n) is 8.48. The first-order valence-corrected chi connectivity index (χ1v) is 8.48. The summed E-state index contributed by atoms with van der Waals surface area (Å²) in [6, 6.07) is 24.5. The van der Waals surface area contributed by atoms with E-state index < -0.39 is 11.7 Å². The molecule has 0 spiro atoms. The summed E-state index contributed by atoms with van der Waals surface area (Å²) in [6.07, 6.45) is -2.45. The second-order valence-electron chi connectivity index (χ2n) is 6.08. The molecule has 3 aromatic rings. The van der Waals surface area contributed by atoms with E-state index in [4.69, 9.17) is 0 Å². The van der Waals surface area contributed by atoms with E-state index in [2.05, 4.69) is 4.99 Å². The Morgan fingerprint density at radius 1 is 0.778 bits per heavy atom. The van der Waals surface area contributed by atoms with Gasteiger partial charge >= 0.3 is 6.18 Å². The Labute approximate surface area is 156 Å². The zero-order valence-corrected chi connectivity index (χ0v) is 14.7. The second kappa shape index (κ2) is 8.04. The third-order valence-electron chi connectivity index (χ3n) is 4.07. The summed E-state index contributed by atoms with van der Waals surface area (Å²) >= 11 is 0. The summed E-state index contributed by atoms with van der Waals surface area (Å²) in [5.41, 5.74) is 2.84. The molecular weight excluding hydrogens is 347 g/mol. The molecule has 0 aliphatic heterocycles. The molecule has 0 bridgehead atoms. The first-order chi connectivity index (χ1) is 12.9. The van der Waals surface area contributed by atoms with Crippen molar-refractivity contribution < 1.29 is 13.2 Å². The van der Waals surface area contributed by atoms with Crippen LogP contribution in [-0.2, 0) is 6.18 Å². The van der Waals surface area contributed by atoms with Crippen LogP contribution in [0.5, 0.6) is 0 Å². The molecule has 0 aliphatic carbocycles. The van der Waals surface area contributed by atoms with E-state index in [-0.39, 0.29) is 0 Å². The molecule has 0 unspecified atom stereocenters. The number of halogens is 3. The molecule has 136 valence electrons. The maximum Gasteiger partial charge on any atom is 0.416 e. The fourth-order valence-corrected chi connectivity index (χ4v) is 2.66. The molecule has 0 aliphatic rings. The van der Waals surface area contributed by atoms with Crippen molar-refractivity contribution in [3.8, 4) is 0 Å². The Bertz CT molecular complexity index is 956. The Morgan fingerprint density at radius 2 is 1.37 bits per heavy atom. The van der Waals surface area contributed by atoms with Gasteiger partial charge < -0.3 is 0 Å². The Hall–Kier alpha value is -3.14. The van der Waals surface area contributed by atoms with Crippen LogP contribution in [-0.4, -0.2) is 5.71 Å². The minimum absolute atomic E-state index is 0.444. The van der Waals surface area contributed by atoms with Crippen LogP contribution in [0, 0.1) is 0 Å². The molecule has 3 aromatic carbocycles. The SMILES string of the molecule is CC(=N/C(=C/c1ccccc1)c1ccccc1)c1cccc(C(F)(F)F)c1. The molecule has 4 heteroatoms. The molecular formula is C23H18F3N. The fraction of sp³-hybridized carbons (Fsp3) is 0.0870. The number of rotatable bonds is 4. The van der Waals surface area contributed by atoms with Crippen molar-refractivity contribution in [3.63, 3.8) is 0 Å². The number of hydrogen-bond donors (Lipinski definition) is 0. The maximum absolute atomic E-state index is 13.0. The second-order valence-corrected chi connectivity index (χ2v) is 6.08. The Morgan fingerprint density at radius 3 is 2.00 bits per heavy atom. The quantitative estimate of drug-likeness (QED) is 0.360. The number of nitrogens with zero attached hydrogens (tertiary/aromatic N) is 1. The predicted octanol–water partition coefficient (Wildman–Crippen LogP) is 6.71. The molecule has 0 radical (unpaired) electrons. The summed E-state index contributed by atoms with van der Waals surface area (Å²) in [4.78, 5) is 4.65. The molecule has 27 heavy (non-hydrogen) atoms. The van der Waals surface area contributed by atoms with Crippen LogP contribution in [0.4, 0.5) is 13.2 Å². The van der Waals surface area contributed by atoms with E-state index in [9.17, 15) is 13.2 Å². The smallest absolute Gasteiger partial charge is 0.252 e. The molecule has 0 saturated carbocycles. The monoisotopic (exact) mass is 365 g/mol. The molecule has 0 aromatic heterocycles. The third-order valence-corrected chi connectivity index (χ3v) is 4.07. The highest BCUT2D eigenvalue weighted by Crippen LogP contribution is 2.30. The van der Waals surface area contributed by atoms with Crippen LogP contribution >= 0.6 is 0 Å². The maximum atomic E-state index is 13.0. The Balaban J connectivity index is 2.05. The summed E-state index contributed by atoms with van der Waals surface area (Å²) in [5, 5.41) is 0. The average Bonchev–Trinajstić information content (AvgIpc) is 2.68. The van der Waals surface area contributed by atoms with Crippen LogP contribution in [0.25, 0.3) is 11.8 Å². The third kappa shape index (κ3) is 4.94. The van der Waals surface area contributed by atoms with Crippen LogP contribution in [0.2, 0.25) is 0 Å². The number of benzene rings is 3. The van der Waals surface area contributed by atoms with Gasteiger partial charge in [0.25, 0.3) is 0 Å². The van der Waals surface area contributed by atoms with Gasteiger partial charge in [-0.2, -0.15) is 13.2 Å². The van der Waals surface area contributed by atoms with Crippen molar-refractivity contribution in [2.75, 3.05) is 0 Å². The minimum atomic E-state index is -4.38. The molecule has 0 N–H and O–H groups in total. The van der Waals surface area contributed by atoms with Gasteiger partial charge in [-0.05, 0) is 36.3 Å². The molecule has 0 amide bonds. The highest BCUT2D eigenvalue weighted by Gasteiger charge is 2.30. The van der Waals surface area contributed by atoms with Gasteiger partial charge in [0.2, 0.25) is 0 Å². The number of hydrogen-bond acceptors (Lipinski definition) is 1. The van der Waals surface area contributed by atoms with Crippen LogP contribution in [0.3, 0.4) is 0 Å². The van der Waals surface area contributed by atoms with Crippen molar-refractivity contribution in [3.05, 3.63) is 107 Å². The predicted molar refractivity (Wildman–Crippen MR) is 104 cm³/mol.